The fourth-order valence-electron chi connectivity index (χ4n) is 2.69. The van der Waals surface area contributed by atoms with E-state index >= 15 is 0 Å². The topological polar surface area (TPSA) is 105 Å². The first kappa shape index (κ1) is 24.5. The highest BCUT2D eigenvalue weighted by atomic mass is 32.2. The van der Waals surface area contributed by atoms with Crippen LogP contribution in [0.1, 0.15) is 43.1 Å². The molecule has 9 heteroatoms. The van der Waals surface area contributed by atoms with E-state index in [1.54, 1.807) is 12.1 Å². The van der Waals surface area contributed by atoms with E-state index < -0.39 is 10.0 Å². The SMILES string of the molecule is CON(C)S(=O)(=O)c1ccc(NC(=O)CCNC(=O)c2ccc(C(C)(C)C)cc2)cc1. The molecule has 0 aliphatic rings. The number of carbonyl (C=O) groups excluding carboxylic acids is 2. The standard InChI is InChI=1S/C22H29N3O5S/c1-22(2,3)17-8-6-16(7-9-17)21(27)23-15-14-20(26)24-18-10-12-19(13-11-18)31(28,29)25(4)30-5/h6-13H,14-15H2,1-5H3,(H,23,27)(H,24,26). The van der Waals surface area contributed by atoms with Crippen molar-refractivity contribution in [2.75, 3.05) is 26.0 Å². The van der Waals surface area contributed by atoms with Crippen LogP contribution >= 0.6 is 0 Å². The molecule has 0 radical (unpaired) electrons. The fourth-order valence-corrected chi connectivity index (χ4v) is 3.67. The Bertz CT molecular complexity index is 1010. The van der Waals surface area contributed by atoms with E-state index in [9.17, 15) is 18.0 Å². The Hall–Kier alpha value is -2.75. The predicted molar refractivity (Wildman–Crippen MR) is 119 cm³/mol. The van der Waals surface area contributed by atoms with Crippen LogP contribution in [0.15, 0.2) is 53.4 Å². The summed E-state index contributed by atoms with van der Waals surface area (Å²) in [4.78, 5) is 29.1. The molecule has 0 atom stereocenters. The van der Waals surface area contributed by atoms with E-state index in [1.165, 1.54) is 38.4 Å². The molecule has 2 aromatic carbocycles. The van der Waals surface area contributed by atoms with Gasteiger partial charge in [-0.05, 0) is 47.4 Å². The lowest BCUT2D eigenvalue weighted by molar-refractivity contribution is -0.116. The van der Waals surface area contributed by atoms with Crippen molar-refractivity contribution in [1.82, 2.24) is 9.79 Å². The Morgan fingerprint density at radius 2 is 1.58 bits per heavy atom. The molecule has 0 saturated carbocycles. The minimum absolute atomic E-state index is 0.00911. The minimum atomic E-state index is -3.74. The first-order chi connectivity index (χ1) is 14.4. The summed E-state index contributed by atoms with van der Waals surface area (Å²) >= 11 is 0. The number of carbonyl (C=O) groups is 2. The zero-order valence-corrected chi connectivity index (χ0v) is 19.2. The van der Waals surface area contributed by atoms with Crippen LogP contribution < -0.4 is 10.6 Å². The summed E-state index contributed by atoms with van der Waals surface area (Å²) in [7, 11) is -1.20. The number of hydrogen-bond acceptors (Lipinski definition) is 5. The Morgan fingerprint density at radius 1 is 1.00 bits per heavy atom. The van der Waals surface area contributed by atoms with E-state index in [4.69, 9.17) is 4.84 Å². The van der Waals surface area contributed by atoms with Crippen LogP contribution in [0.3, 0.4) is 0 Å². The van der Waals surface area contributed by atoms with E-state index in [0.717, 1.165) is 10.0 Å². The van der Waals surface area contributed by atoms with Gasteiger partial charge < -0.3 is 10.6 Å². The second-order valence-electron chi connectivity index (χ2n) is 8.00. The second kappa shape index (κ2) is 10.0. The normalized spacial score (nSPS) is 11.9. The summed E-state index contributed by atoms with van der Waals surface area (Å²) in [5.41, 5.74) is 2.13. The molecule has 0 aliphatic carbocycles. The third kappa shape index (κ3) is 6.61. The molecule has 0 bridgehead atoms. The zero-order valence-electron chi connectivity index (χ0n) is 18.4. The van der Waals surface area contributed by atoms with Crippen LogP contribution in [0.4, 0.5) is 5.69 Å². The summed E-state index contributed by atoms with van der Waals surface area (Å²) in [6, 6.07) is 13.1. The third-order valence-corrected chi connectivity index (χ3v) is 6.38. The molecule has 0 aliphatic heterocycles. The van der Waals surface area contributed by atoms with E-state index in [2.05, 4.69) is 31.4 Å². The Labute approximate surface area is 183 Å². The van der Waals surface area contributed by atoms with Gasteiger partial charge in [0.15, 0.2) is 0 Å². The Morgan fingerprint density at radius 3 is 2.10 bits per heavy atom. The van der Waals surface area contributed by atoms with Crippen LogP contribution in [0.2, 0.25) is 0 Å². The van der Waals surface area contributed by atoms with Gasteiger partial charge in [-0.15, -0.1) is 0 Å². The van der Waals surface area contributed by atoms with E-state index in [-0.39, 0.29) is 35.1 Å². The molecule has 0 saturated heterocycles. The molecule has 0 spiro atoms. The number of nitrogens with one attached hydrogen (secondary N) is 2. The first-order valence-electron chi connectivity index (χ1n) is 9.77. The lowest BCUT2D eigenvalue weighted by atomic mass is 9.87. The van der Waals surface area contributed by atoms with Crippen molar-refractivity contribution >= 4 is 27.5 Å². The maximum atomic E-state index is 12.2. The van der Waals surface area contributed by atoms with Crippen molar-refractivity contribution in [3.8, 4) is 0 Å². The molecule has 168 valence electrons. The van der Waals surface area contributed by atoms with Crippen LogP contribution in [0.5, 0.6) is 0 Å². The van der Waals surface area contributed by atoms with Gasteiger partial charge in [-0.3, -0.25) is 14.4 Å². The van der Waals surface area contributed by atoms with Crippen LogP contribution in [0, 0.1) is 0 Å². The molecule has 2 N–H and O–H groups in total. The van der Waals surface area contributed by atoms with Crippen molar-refractivity contribution in [1.29, 1.82) is 0 Å². The molecule has 2 aromatic rings. The van der Waals surface area contributed by atoms with Crippen molar-refractivity contribution in [3.63, 3.8) is 0 Å². The highest BCUT2D eigenvalue weighted by Gasteiger charge is 2.20. The van der Waals surface area contributed by atoms with E-state index in [0.29, 0.717) is 11.3 Å². The van der Waals surface area contributed by atoms with Crippen LogP contribution in [0.25, 0.3) is 0 Å². The van der Waals surface area contributed by atoms with Gasteiger partial charge in [-0.1, -0.05) is 37.4 Å². The van der Waals surface area contributed by atoms with Crippen molar-refractivity contribution in [2.45, 2.75) is 37.5 Å². The van der Waals surface area contributed by atoms with E-state index in [1.807, 2.05) is 12.1 Å². The fraction of sp³-hybridized carbons (Fsp3) is 0.364. The van der Waals surface area contributed by atoms with Gasteiger partial charge in [-0.25, -0.2) is 8.42 Å². The van der Waals surface area contributed by atoms with Gasteiger partial charge in [0.05, 0.1) is 12.0 Å². The number of rotatable bonds is 8. The number of nitrogens with zero attached hydrogens (tertiary/aromatic N) is 1. The van der Waals surface area contributed by atoms with Gasteiger partial charge >= 0.3 is 0 Å². The Balaban J connectivity index is 1.85. The highest BCUT2D eigenvalue weighted by Crippen LogP contribution is 2.22. The summed E-state index contributed by atoms with van der Waals surface area (Å²) in [5, 5.41) is 5.39. The minimum Gasteiger partial charge on any atom is -0.352 e. The third-order valence-electron chi connectivity index (χ3n) is 4.68. The number of hydroxylamine groups is 1. The molecule has 0 unspecified atom stereocenters. The largest absolute Gasteiger partial charge is 0.352 e. The number of sulfonamides is 1. The van der Waals surface area contributed by atoms with Crippen molar-refractivity contribution in [2.24, 2.45) is 0 Å². The van der Waals surface area contributed by atoms with Gasteiger partial charge in [0.25, 0.3) is 15.9 Å². The van der Waals surface area contributed by atoms with Crippen molar-refractivity contribution < 1.29 is 22.8 Å². The molecular weight excluding hydrogens is 418 g/mol. The number of amides is 2. The molecular formula is C22H29N3O5S. The lowest BCUT2D eigenvalue weighted by Crippen LogP contribution is -2.27. The quantitative estimate of drug-likeness (QED) is 0.606. The highest BCUT2D eigenvalue weighted by molar-refractivity contribution is 7.89. The number of anilines is 1. The maximum absolute atomic E-state index is 12.2. The van der Waals surface area contributed by atoms with Gasteiger partial charge in [0.1, 0.15) is 0 Å². The summed E-state index contributed by atoms with van der Waals surface area (Å²) in [6.07, 6.45) is 0.0816. The molecule has 2 amide bonds. The zero-order chi connectivity index (χ0) is 23.2. The Kier molecular flexibility index (Phi) is 7.94. The number of benzene rings is 2. The van der Waals surface area contributed by atoms with Crippen LogP contribution in [-0.2, 0) is 25.1 Å². The average molecular weight is 448 g/mol. The molecule has 2 rings (SSSR count). The van der Waals surface area contributed by atoms with Crippen molar-refractivity contribution in [3.05, 3.63) is 59.7 Å². The van der Waals surface area contributed by atoms with Gasteiger partial charge in [0.2, 0.25) is 5.91 Å². The second-order valence-corrected chi connectivity index (χ2v) is 9.94. The van der Waals surface area contributed by atoms with Crippen LogP contribution in [-0.4, -0.2) is 45.4 Å². The van der Waals surface area contributed by atoms with Gasteiger partial charge in [-0.2, -0.15) is 0 Å². The summed E-state index contributed by atoms with van der Waals surface area (Å²) in [5.74, 6) is -0.543. The smallest absolute Gasteiger partial charge is 0.264 e. The molecule has 8 nitrogen and oxygen atoms in total. The predicted octanol–water partition coefficient (Wildman–Crippen LogP) is 2.92. The number of hydrogen-bond donors (Lipinski definition) is 2. The molecule has 0 heterocycles. The average Bonchev–Trinajstić information content (AvgIpc) is 2.72. The first-order valence-corrected chi connectivity index (χ1v) is 11.2. The van der Waals surface area contributed by atoms with Gasteiger partial charge in [0, 0.05) is 31.3 Å². The lowest BCUT2D eigenvalue weighted by Gasteiger charge is -2.19. The molecule has 31 heavy (non-hydrogen) atoms. The maximum Gasteiger partial charge on any atom is 0.264 e. The summed E-state index contributed by atoms with van der Waals surface area (Å²) < 4.78 is 25.1. The molecule has 0 fully saturated rings. The molecule has 0 aromatic heterocycles. The summed E-state index contributed by atoms with van der Waals surface area (Å²) in [6.45, 7) is 6.48. The monoisotopic (exact) mass is 447 g/mol.